The summed E-state index contributed by atoms with van der Waals surface area (Å²) in [6, 6.07) is 18.8. The molecule has 0 unspecified atom stereocenters. The van der Waals surface area contributed by atoms with Gasteiger partial charge in [-0.1, -0.05) is 59.1 Å². The Kier molecular flexibility index (Phi) is 6.15. The second-order valence-corrected chi connectivity index (χ2v) is 9.46. The van der Waals surface area contributed by atoms with E-state index in [2.05, 4.69) is 4.99 Å². The van der Waals surface area contributed by atoms with Crippen LogP contribution in [0.1, 0.15) is 20.8 Å². The van der Waals surface area contributed by atoms with Gasteiger partial charge in [0, 0.05) is 31.3 Å². The van der Waals surface area contributed by atoms with Crippen molar-refractivity contribution in [1.29, 1.82) is 0 Å². The first-order chi connectivity index (χ1) is 16.4. The van der Waals surface area contributed by atoms with Crippen molar-refractivity contribution >= 4 is 80.1 Å². The van der Waals surface area contributed by atoms with E-state index >= 15 is 0 Å². The average Bonchev–Trinajstić information content (AvgIpc) is 3.35. The Bertz CT molecular complexity index is 1520. The second kappa shape index (κ2) is 9.24. The summed E-state index contributed by atoms with van der Waals surface area (Å²) in [4.78, 5) is 29.9. The zero-order valence-corrected chi connectivity index (χ0v) is 20.1. The third kappa shape index (κ3) is 4.45. The van der Waals surface area contributed by atoms with Gasteiger partial charge in [0.15, 0.2) is 5.70 Å². The number of ether oxygens (including phenoxy) is 2. The van der Waals surface area contributed by atoms with Crippen LogP contribution in [0.2, 0.25) is 15.1 Å². The van der Waals surface area contributed by atoms with Crippen molar-refractivity contribution in [3.63, 3.8) is 0 Å². The summed E-state index contributed by atoms with van der Waals surface area (Å²) in [5.41, 5.74) is 1.16. The fourth-order valence-corrected chi connectivity index (χ4v) is 5.07. The highest BCUT2D eigenvalue weighted by molar-refractivity contribution is 7.21. The van der Waals surface area contributed by atoms with Gasteiger partial charge in [-0.3, -0.25) is 0 Å². The molecule has 2 heterocycles. The SMILES string of the molecule is O=C1OC(c2ccc(Cl)cc2)=N/C1=C/c1ccccc1OC(=O)c1sc2cc(Cl)ccc2c1Cl. The van der Waals surface area contributed by atoms with E-state index < -0.39 is 11.9 Å². The Morgan fingerprint density at radius 3 is 2.50 bits per heavy atom. The number of carbonyl (C=O) groups is 2. The van der Waals surface area contributed by atoms with Crippen LogP contribution in [0, 0.1) is 0 Å². The lowest BCUT2D eigenvalue weighted by molar-refractivity contribution is -0.129. The van der Waals surface area contributed by atoms with Crippen LogP contribution in [-0.4, -0.2) is 17.8 Å². The van der Waals surface area contributed by atoms with E-state index in [1.807, 2.05) is 0 Å². The largest absolute Gasteiger partial charge is 0.422 e. The van der Waals surface area contributed by atoms with Crippen molar-refractivity contribution in [2.24, 2.45) is 4.99 Å². The van der Waals surface area contributed by atoms with Crippen LogP contribution < -0.4 is 4.74 Å². The molecule has 0 saturated heterocycles. The van der Waals surface area contributed by atoms with E-state index in [-0.39, 0.29) is 22.2 Å². The molecule has 0 atom stereocenters. The van der Waals surface area contributed by atoms with E-state index in [0.29, 0.717) is 26.2 Å². The minimum atomic E-state index is -0.618. The van der Waals surface area contributed by atoms with E-state index in [1.165, 1.54) is 17.4 Å². The highest BCUT2D eigenvalue weighted by Gasteiger charge is 2.25. The van der Waals surface area contributed by atoms with Gasteiger partial charge in [-0.25, -0.2) is 14.6 Å². The van der Waals surface area contributed by atoms with E-state index in [4.69, 9.17) is 44.3 Å². The smallest absolute Gasteiger partial charge is 0.363 e. The maximum atomic E-state index is 12.9. The number of thiophene rings is 1. The number of carbonyl (C=O) groups excluding carboxylic acids is 2. The molecule has 168 valence electrons. The normalized spacial score (nSPS) is 14.4. The Morgan fingerprint density at radius 1 is 0.971 bits per heavy atom. The van der Waals surface area contributed by atoms with Crippen molar-refractivity contribution in [1.82, 2.24) is 0 Å². The Morgan fingerprint density at radius 2 is 1.71 bits per heavy atom. The van der Waals surface area contributed by atoms with Crippen LogP contribution in [-0.2, 0) is 9.53 Å². The maximum absolute atomic E-state index is 12.9. The van der Waals surface area contributed by atoms with Gasteiger partial charge in [-0.05, 0) is 48.5 Å². The summed E-state index contributed by atoms with van der Waals surface area (Å²) in [6.07, 6.45) is 1.50. The van der Waals surface area contributed by atoms with Gasteiger partial charge in [0.25, 0.3) is 0 Å². The number of benzene rings is 3. The average molecular weight is 529 g/mol. The molecule has 34 heavy (non-hydrogen) atoms. The van der Waals surface area contributed by atoms with E-state index in [0.717, 1.165) is 10.1 Å². The van der Waals surface area contributed by atoms with Crippen molar-refractivity contribution in [2.45, 2.75) is 0 Å². The number of hydrogen-bond donors (Lipinski definition) is 0. The number of rotatable bonds is 4. The Balaban J connectivity index is 1.44. The van der Waals surface area contributed by atoms with Gasteiger partial charge in [-0.15, -0.1) is 11.3 Å². The molecule has 1 aliphatic rings. The van der Waals surface area contributed by atoms with Crippen LogP contribution in [0.15, 0.2) is 77.4 Å². The molecule has 0 amide bonds. The van der Waals surface area contributed by atoms with Gasteiger partial charge in [0.1, 0.15) is 10.6 Å². The lowest BCUT2D eigenvalue weighted by Crippen LogP contribution is -2.08. The fourth-order valence-electron chi connectivity index (χ4n) is 3.28. The zero-order valence-electron chi connectivity index (χ0n) is 17.1. The van der Waals surface area contributed by atoms with Crippen LogP contribution in [0.5, 0.6) is 5.75 Å². The Labute approximate surface area is 212 Å². The van der Waals surface area contributed by atoms with Crippen molar-refractivity contribution in [3.8, 4) is 5.75 Å². The first-order valence-corrected chi connectivity index (χ1v) is 11.8. The summed E-state index contributed by atoms with van der Waals surface area (Å²) in [6.45, 7) is 0. The fraction of sp³-hybridized carbons (Fsp3) is 0. The number of nitrogens with zero attached hydrogens (tertiary/aromatic N) is 1. The number of hydrogen-bond acceptors (Lipinski definition) is 6. The van der Waals surface area contributed by atoms with Gasteiger partial charge in [0.05, 0.1) is 5.02 Å². The molecule has 0 radical (unpaired) electrons. The minimum Gasteiger partial charge on any atom is -0.422 e. The predicted molar refractivity (Wildman–Crippen MR) is 135 cm³/mol. The number of para-hydroxylation sites is 1. The quantitative estimate of drug-likeness (QED) is 0.157. The van der Waals surface area contributed by atoms with Crippen LogP contribution >= 0.6 is 46.1 Å². The lowest BCUT2D eigenvalue weighted by Gasteiger charge is -2.07. The number of esters is 2. The number of halogens is 3. The summed E-state index contributed by atoms with van der Waals surface area (Å²) in [7, 11) is 0. The van der Waals surface area contributed by atoms with Gasteiger partial charge in [0.2, 0.25) is 5.90 Å². The van der Waals surface area contributed by atoms with Gasteiger partial charge >= 0.3 is 11.9 Å². The Hall–Kier alpha value is -3.16. The first-order valence-electron chi connectivity index (χ1n) is 9.86. The number of cyclic esters (lactones) is 1. The van der Waals surface area contributed by atoms with Gasteiger partial charge in [-0.2, -0.15) is 0 Å². The molecular weight excluding hydrogens is 517 g/mol. The molecule has 5 rings (SSSR count). The van der Waals surface area contributed by atoms with Crippen LogP contribution in [0.3, 0.4) is 0 Å². The molecule has 0 N–H and O–H groups in total. The van der Waals surface area contributed by atoms with Crippen molar-refractivity contribution in [2.75, 3.05) is 0 Å². The molecule has 9 heteroatoms. The van der Waals surface area contributed by atoms with Crippen molar-refractivity contribution < 1.29 is 19.1 Å². The second-order valence-electron chi connectivity index (χ2n) is 7.16. The topological polar surface area (TPSA) is 65.0 Å². The summed E-state index contributed by atoms with van der Waals surface area (Å²) < 4.78 is 11.7. The molecule has 0 fully saturated rings. The van der Waals surface area contributed by atoms with E-state index in [1.54, 1.807) is 66.7 Å². The molecule has 3 aromatic carbocycles. The molecule has 1 aromatic heterocycles. The van der Waals surface area contributed by atoms with Gasteiger partial charge < -0.3 is 9.47 Å². The molecule has 5 nitrogen and oxygen atoms in total. The highest BCUT2D eigenvalue weighted by Crippen LogP contribution is 2.37. The third-order valence-electron chi connectivity index (χ3n) is 4.90. The minimum absolute atomic E-state index is 0.0722. The van der Waals surface area contributed by atoms with Crippen molar-refractivity contribution in [3.05, 3.63) is 103 Å². The highest BCUT2D eigenvalue weighted by atomic mass is 35.5. The zero-order chi connectivity index (χ0) is 23.8. The molecule has 1 aliphatic heterocycles. The van der Waals surface area contributed by atoms with Crippen LogP contribution in [0.25, 0.3) is 16.2 Å². The number of fused-ring (bicyclic) bond motifs is 1. The third-order valence-corrected chi connectivity index (χ3v) is 7.03. The first kappa shape index (κ1) is 22.6. The summed E-state index contributed by atoms with van der Waals surface area (Å²) >= 11 is 19.6. The standard InChI is InChI=1S/C25H12Cl3NO4S/c26-15-7-5-13(6-8-15)23-29-18(24(30)33-23)11-14-3-1-2-4-19(14)32-25(31)22-21(28)17-10-9-16(27)12-20(17)34-22/h1-12H/b18-11+. The molecule has 0 aliphatic carbocycles. The number of aliphatic imine (C=N–C) groups is 1. The monoisotopic (exact) mass is 527 g/mol. The molecule has 4 aromatic rings. The molecule has 0 spiro atoms. The summed E-state index contributed by atoms with van der Waals surface area (Å²) in [5, 5.41) is 2.12. The molecule has 0 saturated carbocycles. The molecular formula is C25H12Cl3NO4S. The van der Waals surface area contributed by atoms with Crippen LogP contribution in [0.4, 0.5) is 0 Å². The lowest BCUT2D eigenvalue weighted by atomic mass is 10.1. The molecule has 0 bridgehead atoms. The van der Waals surface area contributed by atoms with E-state index in [9.17, 15) is 9.59 Å². The summed E-state index contributed by atoms with van der Waals surface area (Å²) in [5.74, 6) is -0.823. The predicted octanol–water partition coefficient (Wildman–Crippen LogP) is 7.43. The maximum Gasteiger partial charge on any atom is 0.363 e.